The van der Waals surface area contributed by atoms with Gasteiger partial charge in [-0.15, -0.1) is 0 Å². The molecular weight excluding hydrogens is 122 g/mol. The first-order valence-corrected chi connectivity index (χ1v) is 3.37. The summed E-state index contributed by atoms with van der Waals surface area (Å²) in [6, 6.07) is 0. The highest BCUT2D eigenvalue weighted by Crippen LogP contribution is 1.99. The fraction of sp³-hybridized carbons (Fsp3) is 0.333. The molecule has 0 aromatic heterocycles. The molecule has 0 heterocycles. The summed E-state index contributed by atoms with van der Waals surface area (Å²) >= 11 is 0. The van der Waals surface area contributed by atoms with Crippen molar-refractivity contribution in [2.75, 3.05) is 7.05 Å². The van der Waals surface area contributed by atoms with Crippen LogP contribution in [0.5, 0.6) is 0 Å². The molecule has 0 saturated carbocycles. The van der Waals surface area contributed by atoms with Gasteiger partial charge in [-0.25, -0.2) is 0 Å². The van der Waals surface area contributed by atoms with Gasteiger partial charge in [0.1, 0.15) is 0 Å². The molecule has 0 amide bonds. The standard InChI is InChI=1S/C8H12.CH5N/c1-4-7-8(5-2)6-3;1-2/h4-5,7H,1-2,6H2,3H3;2H2,1H3/b8-7+;. The Labute approximate surface area is 63.9 Å². The summed E-state index contributed by atoms with van der Waals surface area (Å²) < 4.78 is 0. The van der Waals surface area contributed by atoms with Crippen molar-refractivity contribution in [3.8, 4) is 0 Å². The van der Waals surface area contributed by atoms with Gasteiger partial charge in [0, 0.05) is 0 Å². The molecule has 0 aromatic carbocycles. The second kappa shape index (κ2) is 11.0. The van der Waals surface area contributed by atoms with Crippen LogP contribution >= 0.6 is 0 Å². The number of hydrogen-bond acceptors (Lipinski definition) is 1. The molecule has 0 aliphatic carbocycles. The molecule has 0 atom stereocenters. The summed E-state index contributed by atoms with van der Waals surface area (Å²) in [5.41, 5.74) is 5.74. The highest BCUT2D eigenvalue weighted by Gasteiger charge is 1.79. The van der Waals surface area contributed by atoms with Crippen LogP contribution in [0.25, 0.3) is 0 Å². The SMILES string of the molecule is C=C/C=C(\C=C)CC.CN. The number of allylic oxidation sites excluding steroid dienone is 4. The first-order chi connectivity index (χ1) is 4.85. The maximum Gasteiger partial charge on any atom is -0.0195 e. The van der Waals surface area contributed by atoms with Crippen molar-refractivity contribution in [2.45, 2.75) is 13.3 Å². The van der Waals surface area contributed by atoms with Gasteiger partial charge in [-0.05, 0) is 19.0 Å². The van der Waals surface area contributed by atoms with Crippen LogP contribution in [0.15, 0.2) is 37.0 Å². The lowest BCUT2D eigenvalue weighted by atomic mass is 10.2. The highest BCUT2D eigenvalue weighted by molar-refractivity contribution is 5.20. The topological polar surface area (TPSA) is 26.0 Å². The molecule has 0 radical (unpaired) electrons. The monoisotopic (exact) mass is 139 g/mol. The third-order valence-corrected chi connectivity index (χ3v) is 1.00. The van der Waals surface area contributed by atoms with Crippen molar-refractivity contribution in [2.24, 2.45) is 5.73 Å². The van der Waals surface area contributed by atoms with Crippen molar-refractivity contribution in [3.63, 3.8) is 0 Å². The minimum atomic E-state index is 1.04. The van der Waals surface area contributed by atoms with Crippen LogP contribution in [-0.4, -0.2) is 7.05 Å². The second-order valence-corrected chi connectivity index (χ2v) is 1.53. The number of nitrogens with two attached hydrogens (primary N) is 1. The second-order valence-electron chi connectivity index (χ2n) is 1.53. The third kappa shape index (κ3) is 7.18. The Kier molecular flexibility index (Phi) is 13.2. The van der Waals surface area contributed by atoms with E-state index in [4.69, 9.17) is 0 Å². The molecule has 0 aromatic rings. The minimum Gasteiger partial charge on any atom is -0.333 e. The molecule has 0 aliphatic heterocycles. The summed E-state index contributed by atoms with van der Waals surface area (Å²) in [6.07, 6.45) is 6.63. The normalized spacial score (nSPS) is 9.30. The highest BCUT2D eigenvalue weighted by atomic mass is 14.4. The van der Waals surface area contributed by atoms with E-state index >= 15 is 0 Å². The Morgan fingerprint density at radius 1 is 1.40 bits per heavy atom. The van der Waals surface area contributed by atoms with Gasteiger partial charge in [0.2, 0.25) is 0 Å². The van der Waals surface area contributed by atoms with E-state index in [0.29, 0.717) is 0 Å². The zero-order valence-corrected chi connectivity index (χ0v) is 6.93. The summed E-state index contributed by atoms with van der Waals surface area (Å²) in [6.45, 7) is 9.30. The average molecular weight is 139 g/mol. The molecule has 0 aliphatic rings. The molecule has 58 valence electrons. The Hall–Kier alpha value is -0.820. The first kappa shape index (κ1) is 11.9. The molecule has 2 N–H and O–H groups in total. The van der Waals surface area contributed by atoms with E-state index < -0.39 is 0 Å². The van der Waals surface area contributed by atoms with Gasteiger partial charge in [-0.2, -0.15) is 0 Å². The lowest BCUT2D eigenvalue weighted by molar-refractivity contribution is 1.15. The molecule has 0 rings (SSSR count). The zero-order chi connectivity index (χ0) is 8.41. The van der Waals surface area contributed by atoms with Gasteiger partial charge in [0.15, 0.2) is 0 Å². The molecule has 0 unspecified atom stereocenters. The molecule has 0 bridgehead atoms. The van der Waals surface area contributed by atoms with E-state index in [1.807, 2.05) is 12.2 Å². The Bertz CT molecular complexity index is 112. The van der Waals surface area contributed by atoms with Crippen molar-refractivity contribution in [1.82, 2.24) is 0 Å². The van der Waals surface area contributed by atoms with Crippen LogP contribution in [-0.2, 0) is 0 Å². The van der Waals surface area contributed by atoms with Gasteiger partial charge in [0.05, 0.1) is 0 Å². The van der Waals surface area contributed by atoms with E-state index in [9.17, 15) is 0 Å². The molecule has 1 nitrogen and oxygen atoms in total. The van der Waals surface area contributed by atoms with Gasteiger partial charge >= 0.3 is 0 Å². The van der Waals surface area contributed by atoms with Crippen LogP contribution < -0.4 is 5.73 Å². The Balaban J connectivity index is 0. The van der Waals surface area contributed by atoms with Crippen LogP contribution in [0.3, 0.4) is 0 Å². The molecule has 10 heavy (non-hydrogen) atoms. The van der Waals surface area contributed by atoms with Crippen LogP contribution in [0.1, 0.15) is 13.3 Å². The van der Waals surface area contributed by atoms with Crippen LogP contribution in [0.2, 0.25) is 0 Å². The summed E-state index contributed by atoms with van der Waals surface area (Å²) in [7, 11) is 1.50. The van der Waals surface area contributed by atoms with Crippen LogP contribution in [0, 0.1) is 0 Å². The van der Waals surface area contributed by atoms with Gasteiger partial charge in [-0.1, -0.05) is 38.3 Å². The third-order valence-electron chi connectivity index (χ3n) is 1.00. The maximum atomic E-state index is 4.50. The van der Waals surface area contributed by atoms with Gasteiger partial charge in [0.25, 0.3) is 0 Å². The van der Waals surface area contributed by atoms with Crippen molar-refractivity contribution < 1.29 is 0 Å². The predicted octanol–water partition coefficient (Wildman–Crippen LogP) is 2.27. The summed E-state index contributed by atoms with van der Waals surface area (Å²) in [5.74, 6) is 0. The maximum absolute atomic E-state index is 4.50. The van der Waals surface area contributed by atoms with Gasteiger partial charge in [-0.3, -0.25) is 0 Å². The summed E-state index contributed by atoms with van der Waals surface area (Å²) in [4.78, 5) is 0. The predicted molar refractivity (Wildman–Crippen MR) is 48.9 cm³/mol. The van der Waals surface area contributed by atoms with Crippen molar-refractivity contribution in [3.05, 3.63) is 37.0 Å². The van der Waals surface area contributed by atoms with E-state index in [2.05, 4.69) is 25.8 Å². The quantitative estimate of drug-likeness (QED) is 0.596. The lowest BCUT2D eigenvalue weighted by Crippen LogP contribution is -1.69. The number of hydrogen-bond donors (Lipinski definition) is 1. The van der Waals surface area contributed by atoms with Crippen molar-refractivity contribution in [1.29, 1.82) is 0 Å². The molecule has 0 saturated heterocycles. The van der Waals surface area contributed by atoms with Crippen LogP contribution in [0.4, 0.5) is 0 Å². The van der Waals surface area contributed by atoms with E-state index in [0.717, 1.165) is 6.42 Å². The lowest BCUT2D eigenvalue weighted by Gasteiger charge is -1.89. The largest absolute Gasteiger partial charge is 0.333 e. The Morgan fingerprint density at radius 2 is 1.90 bits per heavy atom. The van der Waals surface area contributed by atoms with Crippen molar-refractivity contribution >= 4 is 0 Å². The molecular formula is C9H17N. The summed E-state index contributed by atoms with van der Waals surface area (Å²) in [5, 5.41) is 0. The minimum absolute atomic E-state index is 1.04. The van der Waals surface area contributed by atoms with Gasteiger partial charge < -0.3 is 5.73 Å². The first-order valence-electron chi connectivity index (χ1n) is 3.37. The molecule has 0 fully saturated rings. The van der Waals surface area contributed by atoms with E-state index in [1.54, 1.807) is 6.08 Å². The zero-order valence-electron chi connectivity index (χ0n) is 6.93. The molecule has 0 spiro atoms. The fourth-order valence-corrected chi connectivity index (χ4v) is 0.482. The molecule has 1 heteroatoms. The number of rotatable bonds is 3. The van der Waals surface area contributed by atoms with E-state index in [-0.39, 0.29) is 0 Å². The fourth-order valence-electron chi connectivity index (χ4n) is 0.482. The average Bonchev–Trinajstić information content (AvgIpc) is 2.04. The Morgan fingerprint density at radius 3 is 2.00 bits per heavy atom. The smallest absolute Gasteiger partial charge is 0.0195 e. The van der Waals surface area contributed by atoms with E-state index in [1.165, 1.54) is 12.6 Å².